The lowest BCUT2D eigenvalue weighted by Crippen LogP contribution is -2.26. The number of amides is 1. The second-order valence-corrected chi connectivity index (χ2v) is 5.06. The van der Waals surface area contributed by atoms with Crippen molar-refractivity contribution >= 4 is 17.3 Å². The van der Waals surface area contributed by atoms with E-state index in [4.69, 9.17) is 10.5 Å². The Morgan fingerprint density at radius 1 is 1.10 bits per heavy atom. The molecule has 0 saturated heterocycles. The number of nitrogens with zero attached hydrogens (tertiary/aromatic N) is 1. The maximum absolute atomic E-state index is 11.4. The Bertz CT molecular complexity index is 640. The Kier molecular flexibility index (Phi) is 3.88. The lowest BCUT2D eigenvalue weighted by Gasteiger charge is -2.29. The molecule has 0 aromatic heterocycles. The highest BCUT2D eigenvalue weighted by Gasteiger charge is 2.17. The van der Waals surface area contributed by atoms with E-state index in [0.29, 0.717) is 18.8 Å². The van der Waals surface area contributed by atoms with Gasteiger partial charge < -0.3 is 15.4 Å². The second-order valence-electron chi connectivity index (χ2n) is 5.06. The van der Waals surface area contributed by atoms with Gasteiger partial charge >= 0.3 is 0 Å². The van der Waals surface area contributed by atoms with Crippen LogP contribution in [0.25, 0.3) is 0 Å². The molecule has 0 aliphatic carbocycles. The Hall–Kier alpha value is -2.33. The van der Waals surface area contributed by atoms with Crippen molar-refractivity contribution < 1.29 is 9.53 Å². The van der Waals surface area contributed by atoms with Crippen LogP contribution in [0.4, 0.5) is 11.4 Å². The zero-order valence-electron chi connectivity index (χ0n) is 11.8. The minimum atomic E-state index is -0.396. The van der Waals surface area contributed by atoms with Crippen LogP contribution in [0.15, 0.2) is 48.5 Å². The molecule has 0 atom stereocenters. The van der Waals surface area contributed by atoms with Gasteiger partial charge in [-0.15, -0.1) is 0 Å². The number of rotatable bonds is 2. The SMILES string of the molecule is NC(=O)c1ccc2c(c1)CCOCCN2c1ccccc1. The van der Waals surface area contributed by atoms with Crippen LogP contribution in [-0.4, -0.2) is 25.7 Å². The summed E-state index contributed by atoms with van der Waals surface area (Å²) >= 11 is 0. The number of para-hydroxylation sites is 1. The molecule has 4 heteroatoms. The lowest BCUT2D eigenvalue weighted by molar-refractivity contribution is 0.1000. The van der Waals surface area contributed by atoms with E-state index in [1.807, 2.05) is 30.3 Å². The molecule has 3 rings (SSSR count). The highest BCUT2D eigenvalue weighted by molar-refractivity contribution is 5.93. The largest absolute Gasteiger partial charge is 0.379 e. The zero-order valence-corrected chi connectivity index (χ0v) is 11.8. The number of hydrogen-bond acceptors (Lipinski definition) is 3. The third kappa shape index (κ3) is 2.90. The van der Waals surface area contributed by atoms with Crippen LogP contribution in [0.5, 0.6) is 0 Å². The fourth-order valence-corrected chi connectivity index (χ4v) is 2.64. The Morgan fingerprint density at radius 3 is 2.67 bits per heavy atom. The number of carbonyl (C=O) groups is 1. The Labute approximate surface area is 124 Å². The second kappa shape index (κ2) is 5.97. The van der Waals surface area contributed by atoms with Crippen LogP contribution >= 0.6 is 0 Å². The summed E-state index contributed by atoms with van der Waals surface area (Å²) in [6.07, 6.45) is 0.778. The molecule has 0 radical (unpaired) electrons. The summed E-state index contributed by atoms with van der Waals surface area (Å²) in [6, 6.07) is 15.8. The van der Waals surface area contributed by atoms with Gasteiger partial charge in [-0.25, -0.2) is 0 Å². The molecule has 0 saturated carbocycles. The molecular weight excluding hydrogens is 264 g/mol. The minimum Gasteiger partial charge on any atom is -0.379 e. The molecule has 0 unspecified atom stereocenters. The number of carbonyl (C=O) groups excluding carboxylic acids is 1. The molecular formula is C17H18N2O2. The Morgan fingerprint density at radius 2 is 1.90 bits per heavy atom. The average Bonchev–Trinajstić information content (AvgIpc) is 2.48. The minimum absolute atomic E-state index is 0.396. The molecule has 4 nitrogen and oxygen atoms in total. The van der Waals surface area contributed by atoms with Crippen molar-refractivity contribution in [2.45, 2.75) is 6.42 Å². The molecule has 2 aromatic rings. The smallest absolute Gasteiger partial charge is 0.248 e. The summed E-state index contributed by atoms with van der Waals surface area (Å²) in [5.41, 5.74) is 9.26. The van der Waals surface area contributed by atoms with Crippen LogP contribution in [-0.2, 0) is 11.2 Å². The maximum atomic E-state index is 11.4. The highest BCUT2D eigenvalue weighted by atomic mass is 16.5. The van der Waals surface area contributed by atoms with E-state index >= 15 is 0 Å². The molecule has 21 heavy (non-hydrogen) atoms. The summed E-state index contributed by atoms with van der Waals surface area (Å²) < 4.78 is 5.63. The van der Waals surface area contributed by atoms with Crippen molar-refractivity contribution in [3.8, 4) is 0 Å². The predicted molar refractivity (Wildman–Crippen MR) is 82.9 cm³/mol. The summed E-state index contributed by atoms with van der Waals surface area (Å²) in [7, 11) is 0. The highest BCUT2D eigenvalue weighted by Crippen LogP contribution is 2.30. The fraction of sp³-hybridized carbons (Fsp3) is 0.235. The van der Waals surface area contributed by atoms with Crippen LogP contribution in [0, 0.1) is 0 Å². The number of nitrogens with two attached hydrogens (primary N) is 1. The molecule has 1 heterocycles. The topological polar surface area (TPSA) is 55.6 Å². The summed E-state index contributed by atoms with van der Waals surface area (Å²) in [5.74, 6) is -0.396. The normalized spacial score (nSPS) is 15.0. The molecule has 0 bridgehead atoms. The number of anilines is 2. The standard InChI is InChI=1S/C17H18N2O2/c18-17(20)14-6-7-16-13(12-14)8-10-21-11-9-19(16)15-4-2-1-3-5-15/h1-7,12H,8-11H2,(H2,18,20). The number of hydrogen-bond donors (Lipinski definition) is 1. The first kappa shape index (κ1) is 13.6. The molecule has 2 aromatic carbocycles. The van der Waals surface area contributed by atoms with Crippen molar-refractivity contribution in [3.63, 3.8) is 0 Å². The van der Waals surface area contributed by atoms with Crippen molar-refractivity contribution in [2.75, 3.05) is 24.7 Å². The van der Waals surface area contributed by atoms with Crippen molar-refractivity contribution in [1.29, 1.82) is 0 Å². The summed E-state index contributed by atoms with van der Waals surface area (Å²) in [6.45, 7) is 2.14. The van der Waals surface area contributed by atoms with Gasteiger partial charge in [0.2, 0.25) is 5.91 Å². The fourth-order valence-electron chi connectivity index (χ4n) is 2.64. The van der Waals surface area contributed by atoms with E-state index in [-0.39, 0.29) is 0 Å². The first-order valence-electron chi connectivity index (χ1n) is 7.09. The molecule has 2 N–H and O–H groups in total. The molecule has 108 valence electrons. The van der Waals surface area contributed by atoms with Crippen LogP contribution in [0.1, 0.15) is 15.9 Å². The van der Waals surface area contributed by atoms with Crippen molar-refractivity contribution in [3.05, 3.63) is 59.7 Å². The van der Waals surface area contributed by atoms with Crippen LogP contribution in [0.3, 0.4) is 0 Å². The van der Waals surface area contributed by atoms with Crippen molar-refractivity contribution in [2.24, 2.45) is 5.73 Å². The Balaban J connectivity index is 2.06. The summed E-state index contributed by atoms with van der Waals surface area (Å²) in [4.78, 5) is 13.6. The number of ether oxygens (including phenoxy) is 1. The van der Waals surface area contributed by atoms with Gasteiger partial charge in [-0.2, -0.15) is 0 Å². The molecule has 1 amide bonds. The number of fused-ring (bicyclic) bond motifs is 1. The van der Waals surface area contributed by atoms with Gasteiger partial charge in [-0.3, -0.25) is 4.79 Å². The van der Waals surface area contributed by atoms with Crippen LogP contribution in [0.2, 0.25) is 0 Å². The first-order valence-corrected chi connectivity index (χ1v) is 7.09. The van der Waals surface area contributed by atoms with E-state index in [9.17, 15) is 4.79 Å². The molecule has 1 aliphatic heterocycles. The number of primary amides is 1. The van der Waals surface area contributed by atoms with Gasteiger partial charge in [-0.1, -0.05) is 18.2 Å². The molecule has 1 aliphatic rings. The van der Waals surface area contributed by atoms with E-state index in [1.54, 1.807) is 6.07 Å². The lowest BCUT2D eigenvalue weighted by atomic mass is 10.0. The monoisotopic (exact) mass is 282 g/mol. The first-order chi connectivity index (χ1) is 10.3. The van der Waals surface area contributed by atoms with Gasteiger partial charge in [-0.05, 0) is 42.3 Å². The summed E-state index contributed by atoms with van der Waals surface area (Å²) in [5, 5.41) is 0. The van der Waals surface area contributed by atoms with Gasteiger partial charge in [0.15, 0.2) is 0 Å². The van der Waals surface area contributed by atoms with E-state index in [0.717, 1.165) is 29.9 Å². The van der Waals surface area contributed by atoms with Gasteiger partial charge in [0.05, 0.1) is 13.2 Å². The average molecular weight is 282 g/mol. The van der Waals surface area contributed by atoms with Crippen LogP contribution < -0.4 is 10.6 Å². The van der Waals surface area contributed by atoms with Gasteiger partial charge in [0.1, 0.15) is 0 Å². The van der Waals surface area contributed by atoms with E-state index < -0.39 is 5.91 Å². The van der Waals surface area contributed by atoms with Crippen molar-refractivity contribution in [1.82, 2.24) is 0 Å². The zero-order chi connectivity index (χ0) is 14.7. The number of benzene rings is 2. The maximum Gasteiger partial charge on any atom is 0.248 e. The molecule has 0 spiro atoms. The third-order valence-corrected chi connectivity index (χ3v) is 3.70. The quantitative estimate of drug-likeness (QED) is 0.920. The third-order valence-electron chi connectivity index (χ3n) is 3.70. The van der Waals surface area contributed by atoms with Gasteiger partial charge in [0, 0.05) is 23.5 Å². The van der Waals surface area contributed by atoms with Gasteiger partial charge in [0.25, 0.3) is 0 Å². The van der Waals surface area contributed by atoms with E-state index in [1.165, 1.54) is 0 Å². The predicted octanol–water partition coefficient (Wildman–Crippen LogP) is 2.50. The van der Waals surface area contributed by atoms with E-state index in [2.05, 4.69) is 17.0 Å². The molecule has 0 fully saturated rings.